The van der Waals surface area contributed by atoms with Gasteiger partial charge in [-0.15, -0.1) is 5.10 Å². The Kier molecular flexibility index (Phi) is 4.29. The molecule has 0 aliphatic carbocycles. The second-order valence-corrected chi connectivity index (χ2v) is 6.49. The number of aromatic amines is 1. The van der Waals surface area contributed by atoms with E-state index >= 15 is 0 Å². The van der Waals surface area contributed by atoms with Gasteiger partial charge in [0.2, 0.25) is 5.16 Å². The van der Waals surface area contributed by atoms with Crippen molar-refractivity contribution in [2.24, 2.45) is 0 Å². The highest BCUT2D eigenvalue weighted by Gasteiger charge is 2.07. The highest BCUT2D eigenvalue weighted by molar-refractivity contribution is 7.98. The van der Waals surface area contributed by atoms with Crippen molar-refractivity contribution >= 4 is 11.8 Å². The molecule has 3 rings (SSSR count). The third-order valence-electron chi connectivity index (χ3n) is 3.65. The fourth-order valence-corrected chi connectivity index (χ4v) is 3.11. The lowest BCUT2D eigenvalue weighted by Gasteiger charge is -2.05. The number of aromatic nitrogens is 3. The zero-order chi connectivity index (χ0) is 15.5. The number of rotatable bonds is 4. The first-order valence-electron chi connectivity index (χ1n) is 7.30. The zero-order valence-electron chi connectivity index (χ0n) is 13.1. The minimum atomic E-state index is 0.788. The number of thioether (sulfide) groups is 1. The lowest BCUT2D eigenvalue weighted by molar-refractivity contribution is 0.973. The minimum Gasteiger partial charge on any atom is -0.258 e. The molecule has 0 saturated carbocycles. The molecule has 0 radical (unpaired) electrons. The average molecular weight is 309 g/mol. The van der Waals surface area contributed by atoms with Crippen LogP contribution in [-0.2, 0) is 5.75 Å². The summed E-state index contributed by atoms with van der Waals surface area (Å²) < 4.78 is 0. The summed E-state index contributed by atoms with van der Waals surface area (Å²) in [7, 11) is 0. The molecule has 2 aromatic carbocycles. The first kappa shape index (κ1) is 14.9. The van der Waals surface area contributed by atoms with Crippen molar-refractivity contribution in [2.45, 2.75) is 31.7 Å². The Morgan fingerprint density at radius 3 is 2.45 bits per heavy atom. The van der Waals surface area contributed by atoms with Crippen molar-refractivity contribution in [1.82, 2.24) is 15.2 Å². The molecule has 0 aliphatic heterocycles. The van der Waals surface area contributed by atoms with Gasteiger partial charge in [0.05, 0.1) is 0 Å². The maximum atomic E-state index is 4.57. The molecule has 0 fully saturated rings. The van der Waals surface area contributed by atoms with Gasteiger partial charge in [0.15, 0.2) is 5.82 Å². The smallest absolute Gasteiger partial charge is 0.209 e. The second-order valence-electron chi connectivity index (χ2n) is 5.55. The molecule has 22 heavy (non-hydrogen) atoms. The summed E-state index contributed by atoms with van der Waals surface area (Å²) >= 11 is 1.66. The number of benzene rings is 2. The SMILES string of the molecule is Cc1ccc(-c2nc(SCc3cc(C)ccc3C)n[nH]2)cc1. The number of nitrogens with zero attached hydrogens (tertiary/aromatic N) is 2. The summed E-state index contributed by atoms with van der Waals surface area (Å²) in [6.07, 6.45) is 0. The van der Waals surface area contributed by atoms with Gasteiger partial charge in [-0.2, -0.15) is 0 Å². The van der Waals surface area contributed by atoms with E-state index in [0.29, 0.717) is 0 Å². The van der Waals surface area contributed by atoms with Crippen molar-refractivity contribution in [3.63, 3.8) is 0 Å². The Bertz CT molecular complexity index is 775. The summed E-state index contributed by atoms with van der Waals surface area (Å²) in [5, 5.41) is 8.12. The van der Waals surface area contributed by atoms with Gasteiger partial charge in [0.25, 0.3) is 0 Å². The molecule has 0 saturated heterocycles. The van der Waals surface area contributed by atoms with Crippen molar-refractivity contribution < 1.29 is 0 Å². The highest BCUT2D eigenvalue weighted by atomic mass is 32.2. The molecule has 0 atom stereocenters. The Morgan fingerprint density at radius 2 is 1.68 bits per heavy atom. The van der Waals surface area contributed by atoms with Crippen LogP contribution in [0.4, 0.5) is 0 Å². The molecule has 4 heteroatoms. The molecule has 1 N–H and O–H groups in total. The predicted octanol–water partition coefficient (Wildman–Crippen LogP) is 4.69. The molecule has 1 aromatic heterocycles. The van der Waals surface area contributed by atoms with Crippen LogP contribution in [0.2, 0.25) is 0 Å². The topological polar surface area (TPSA) is 41.6 Å². The van der Waals surface area contributed by atoms with E-state index in [0.717, 1.165) is 22.3 Å². The first-order valence-corrected chi connectivity index (χ1v) is 8.29. The second kappa shape index (κ2) is 6.36. The standard InChI is InChI=1S/C18H19N3S/c1-12-5-8-15(9-6-12)17-19-18(21-20-17)22-11-16-10-13(2)4-7-14(16)3/h4-10H,11H2,1-3H3,(H,19,20,21). The lowest BCUT2D eigenvalue weighted by atomic mass is 10.1. The van der Waals surface area contributed by atoms with Crippen LogP contribution < -0.4 is 0 Å². The van der Waals surface area contributed by atoms with E-state index < -0.39 is 0 Å². The number of hydrogen-bond donors (Lipinski definition) is 1. The summed E-state index contributed by atoms with van der Waals surface area (Å²) in [5.74, 6) is 1.71. The van der Waals surface area contributed by atoms with Crippen LogP contribution in [0, 0.1) is 20.8 Å². The van der Waals surface area contributed by atoms with Gasteiger partial charge in [-0.1, -0.05) is 65.4 Å². The zero-order valence-corrected chi connectivity index (χ0v) is 13.9. The van der Waals surface area contributed by atoms with E-state index in [1.807, 2.05) is 0 Å². The first-order chi connectivity index (χ1) is 10.6. The van der Waals surface area contributed by atoms with Crippen molar-refractivity contribution in [1.29, 1.82) is 0 Å². The van der Waals surface area contributed by atoms with Gasteiger partial charge in [-0.3, -0.25) is 5.10 Å². The van der Waals surface area contributed by atoms with Crippen LogP contribution in [-0.4, -0.2) is 15.2 Å². The Labute approximate surface area is 135 Å². The lowest BCUT2D eigenvalue weighted by Crippen LogP contribution is -1.88. The number of aryl methyl sites for hydroxylation is 3. The van der Waals surface area contributed by atoms with Crippen LogP contribution in [0.3, 0.4) is 0 Å². The Balaban J connectivity index is 1.72. The summed E-state index contributed by atoms with van der Waals surface area (Å²) in [4.78, 5) is 4.57. The molecule has 3 aromatic rings. The van der Waals surface area contributed by atoms with E-state index in [1.165, 1.54) is 22.3 Å². The molecular formula is C18H19N3S. The Morgan fingerprint density at radius 1 is 0.955 bits per heavy atom. The molecule has 0 bridgehead atoms. The van der Waals surface area contributed by atoms with Crippen molar-refractivity contribution in [2.75, 3.05) is 0 Å². The summed E-state index contributed by atoms with van der Waals surface area (Å²) in [6, 6.07) is 14.8. The monoisotopic (exact) mass is 309 g/mol. The summed E-state index contributed by atoms with van der Waals surface area (Å²) in [6.45, 7) is 6.34. The molecule has 3 nitrogen and oxygen atoms in total. The van der Waals surface area contributed by atoms with Gasteiger partial charge in [0, 0.05) is 11.3 Å². The molecule has 0 amide bonds. The van der Waals surface area contributed by atoms with Crippen molar-refractivity contribution in [3.05, 3.63) is 64.7 Å². The van der Waals surface area contributed by atoms with Crippen LogP contribution in [0.5, 0.6) is 0 Å². The average Bonchev–Trinajstić information content (AvgIpc) is 2.98. The largest absolute Gasteiger partial charge is 0.258 e. The molecule has 0 spiro atoms. The molecule has 112 valence electrons. The van der Waals surface area contributed by atoms with Crippen LogP contribution in [0.15, 0.2) is 47.6 Å². The normalized spacial score (nSPS) is 10.9. The van der Waals surface area contributed by atoms with Crippen LogP contribution >= 0.6 is 11.8 Å². The van der Waals surface area contributed by atoms with Gasteiger partial charge in [0.1, 0.15) is 0 Å². The van der Waals surface area contributed by atoms with Crippen LogP contribution in [0.1, 0.15) is 22.3 Å². The quantitative estimate of drug-likeness (QED) is 0.711. The van der Waals surface area contributed by atoms with Gasteiger partial charge >= 0.3 is 0 Å². The number of hydrogen-bond acceptors (Lipinski definition) is 3. The van der Waals surface area contributed by atoms with E-state index in [9.17, 15) is 0 Å². The van der Waals surface area contributed by atoms with Crippen LogP contribution in [0.25, 0.3) is 11.4 Å². The molecule has 1 heterocycles. The highest BCUT2D eigenvalue weighted by Crippen LogP contribution is 2.24. The summed E-state index contributed by atoms with van der Waals surface area (Å²) in [5.41, 5.74) is 6.25. The minimum absolute atomic E-state index is 0.788. The van der Waals surface area contributed by atoms with Gasteiger partial charge in [-0.05, 0) is 31.9 Å². The van der Waals surface area contributed by atoms with E-state index in [4.69, 9.17) is 0 Å². The van der Waals surface area contributed by atoms with E-state index in [2.05, 4.69) is 78.4 Å². The maximum Gasteiger partial charge on any atom is 0.209 e. The van der Waals surface area contributed by atoms with E-state index in [-0.39, 0.29) is 0 Å². The fourth-order valence-electron chi connectivity index (χ4n) is 2.25. The van der Waals surface area contributed by atoms with Crippen molar-refractivity contribution in [3.8, 4) is 11.4 Å². The maximum absolute atomic E-state index is 4.57. The molecule has 0 aliphatic rings. The third-order valence-corrected chi connectivity index (χ3v) is 4.55. The molecular weight excluding hydrogens is 290 g/mol. The van der Waals surface area contributed by atoms with Gasteiger partial charge < -0.3 is 0 Å². The number of H-pyrrole nitrogens is 1. The Hall–Kier alpha value is -2.07. The predicted molar refractivity (Wildman–Crippen MR) is 92.0 cm³/mol. The third kappa shape index (κ3) is 3.39. The van der Waals surface area contributed by atoms with Gasteiger partial charge in [-0.25, -0.2) is 4.98 Å². The van der Waals surface area contributed by atoms with E-state index in [1.54, 1.807) is 11.8 Å². The fraction of sp³-hybridized carbons (Fsp3) is 0.222. The number of nitrogens with one attached hydrogen (secondary N) is 1. The molecule has 0 unspecified atom stereocenters.